The summed E-state index contributed by atoms with van der Waals surface area (Å²) in [5.41, 5.74) is 4.10. The Bertz CT molecular complexity index is 372. The summed E-state index contributed by atoms with van der Waals surface area (Å²) in [5.74, 6) is 0.263. The van der Waals surface area contributed by atoms with Crippen LogP contribution in [0.25, 0.3) is 0 Å². The molecule has 0 aliphatic heterocycles. The number of hydroxylamine groups is 1. The van der Waals surface area contributed by atoms with Gasteiger partial charge in [-0.3, -0.25) is 9.63 Å². The highest BCUT2D eigenvalue weighted by Gasteiger charge is 2.17. The topological polar surface area (TPSA) is 38.3 Å². The van der Waals surface area contributed by atoms with Gasteiger partial charge in [0.05, 0.1) is 6.10 Å². The molecule has 4 heteroatoms. The molecule has 1 fully saturated rings. The van der Waals surface area contributed by atoms with Crippen molar-refractivity contribution < 1.29 is 9.63 Å². The smallest absolute Gasteiger partial charge is 0.270 e. The van der Waals surface area contributed by atoms with E-state index in [1.807, 2.05) is 12.1 Å². The third kappa shape index (κ3) is 3.45. The second-order valence-corrected chi connectivity index (χ2v) is 4.55. The highest BCUT2D eigenvalue weighted by Crippen LogP contribution is 2.20. The van der Waals surface area contributed by atoms with Gasteiger partial charge in [-0.15, -0.1) is 11.6 Å². The van der Waals surface area contributed by atoms with Crippen molar-refractivity contribution in [3.63, 3.8) is 0 Å². The van der Waals surface area contributed by atoms with Crippen LogP contribution in [-0.4, -0.2) is 12.0 Å². The van der Waals surface area contributed by atoms with Crippen molar-refractivity contribution in [2.24, 2.45) is 0 Å². The molecule has 1 aromatic carbocycles. The molecule has 92 valence electrons. The van der Waals surface area contributed by atoms with Gasteiger partial charge < -0.3 is 0 Å². The number of amides is 1. The Morgan fingerprint density at radius 1 is 1.29 bits per heavy atom. The first-order valence-electron chi connectivity index (χ1n) is 5.90. The van der Waals surface area contributed by atoms with Crippen molar-refractivity contribution in [1.82, 2.24) is 5.48 Å². The number of rotatable bonds is 4. The number of alkyl halides is 1. The van der Waals surface area contributed by atoms with Gasteiger partial charge in [0.25, 0.3) is 5.91 Å². The Hall–Kier alpha value is -1.06. The minimum absolute atomic E-state index is 0.182. The lowest BCUT2D eigenvalue weighted by Gasteiger charge is -2.11. The molecule has 2 rings (SSSR count). The van der Waals surface area contributed by atoms with E-state index in [1.165, 1.54) is 12.8 Å². The van der Waals surface area contributed by atoms with Crippen LogP contribution < -0.4 is 5.48 Å². The Morgan fingerprint density at radius 3 is 2.53 bits per heavy atom. The van der Waals surface area contributed by atoms with E-state index in [4.69, 9.17) is 16.4 Å². The number of carbonyl (C=O) groups is 1. The summed E-state index contributed by atoms with van der Waals surface area (Å²) in [5, 5.41) is 0. The summed E-state index contributed by atoms with van der Waals surface area (Å²) < 4.78 is 0. The average Bonchev–Trinajstić information content (AvgIpc) is 2.89. The zero-order chi connectivity index (χ0) is 12.1. The van der Waals surface area contributed by atoms with E-state index in [0.717, 1.165) is 18.4 Å². The first kappa shape index (κ1) is 12.4. The predicted molar refractivity (Wildman–Crippen MR) is 66.8 cm³/mol. The largest absolute Gasteiger partial charge is 0.274 e. The summed E-state index contributed by atoms with van der Waals surface area (Å²) in [4.78, 5) is 17.1. The highest BCUT2D eigenvalue weighted by atomic mass is 35.5. The molecule has 0 aromatic heterocycles. The normalized spacial score (nSPS) is 16.1. The molecule has 1 N–H and O–H groups in total. The molecule has 0 heterocycles. The Balaban J connectivity index is 1.85. The maximum absolute atomic E-state index is 11.7. The monoisotopic (exact) mass is 253 g/mol. The Labute approximate surface area is 106 Å². The van der Waals surface area contributed by atoms with E-state index >= 15 is 0 Å². The molecule has 0 saturated heterocycles. The summed E-state index contributed by atoms with van der Waals surface area (Å²) in [6.07, 6.45) is 4.62. The maximum atomic E-state index is 11.7. The number of hydrogen-bond donors (Lipinski definition) is 1. The fraction of sp³-hybridized carbons (Fsp3) is 0.462. The molecule has 3 nitrogen and oxygen atoms in total. The molecule has 17 heavy (non-hydrogen) atoms. The summed E-state index contributed by atoms with van der Waals surface area (Å²) in [7, 11) is 0. The van der Waals surface area contributed by atoms with Crippen molar-refractivity contribution in [1.29, 1.82) is 0 Å². The summed E-state index contributed by atoms with van der Waals surface area (Å²) >= 11 is 5.68. The van der Waals surface area contributed by atoms with Crippen molar-refractivity contribution >= 4 is 17.5 Å². The number of halogens is 1. The van der Waals surface area contributed by atoms with Crippen LogP contribution in [0.15, 0.2) is 24.3 Å². The van der Waals surface area contributed by atoms with Gasteiger partial charge in [0, 0.05) is 11.4 Å². The zero-order valence-electron chi connectivity index (χ0n) is 9.62. The zero-order valence-corrected chi connectivity index (χ0v) is 10.4. The number of hydrogen-bond acceptors (Lipinski definition) is 2. The highest BCUT2D eigenvalue weighted by molar-refractivity contribution is 6.17. The van der Waals surface area contributed by atoms with E-state index in [9.17, 15) is 4.79 Å². The number of benzene rings is 1. The predicted octanol–water partition coefficient (Wildman–Crippen LogP) is 3.03. The van der Waals surface area contributed by atoms with Gasteiger partial charge in [0.2, 0.25) is 0 Å². The van der Waals surface area contributed by atoms with Crippen molar-refractivity contribution in [2.45, 2.75) is 37.7 Å². The second kappa shape index (κ2) is 6.03. The van der Waals surface area contributed by atoms with Crippen molar-refractivity contribution in [2.75, 3.05) is 0 Å². The number of nitrogens with one attached hydrogen (secondary N) is 1. The lowest BCUT2D eigenvalue weighted by Crippen LogP contribution is -2.28. The van der Waals surface area contributed by atoms with Crippen LogP contribution in [-0.2, 0) is 10.7 Å². The van der Waals surface area contributed by atoms with Crippen LogP contribution in [0.2, 0.25) is 0 Å². The minimum atomic E-state index is -0.196. The molecule has 1 aromatic rings. The average molecular weight is 254 g/mol. The molecule has 0 radical (unpaired) electrons. The fourth-order valence-electron chi connectivity index (χ4n) is 1.95. The molecular weight excluding hydrogens is 238 g/mol. The van der Waals surface area contributed by atoms with Gasteiger partial charge in [-0.05, 0) is 30.5 Å². The van der Waals surface area contributed by atoms with E-state index in [1.54, 1.807) is 12.1 Å². The van der Waals surface area contributed by atoms with Gasteiger partial charge in [0.1, 0.15) is 0 Å². The van der Waals surface area contributed by atoms with Crippen LogP contribution >= 0.6 is 11.6 Å². The van der Waals surface area contributed by atoms with Gasteiger partial charge >= 0.3 is 0 Å². The standard InChI is InChI=1S/C13H16ClNO2/c14-9-10-5-7-11(8-6-10)13(16)15-17-12-3-1-2-4-12/h5-8,12H,1-4,9H2,(H,15,16). The van der Waals surface area contributed by atoms with Crippen LogP contribution in [0.4, 0.5) is 0 Å². The molecule has 0 bridgehead atoms. The SMILES string of the molecule is O=C(NOC1CCCC1)c1ccc(CCl)cc1. The third-order valence-electron chi connectivity index (χ3n) is 2.99. The van der Waals surface area contributed by atoms with E-state index < -0.39 is 0 Å². The molecule has 0 unspecified atom stereocenters. The lowest BCUT2D eigenvalue weighted by molar-refractivity contribution is -0.0124. The second-order valence-electron chi connectivity index (χ2n) is 4.29. The molecule has 1 aliphatic carbocycles. The van der Waals surface area contributed by atoms with Gasteiger partial charge in [-0.1, -0.05) is 25.0 Å². The van der Waals surface area contributed by atoms with Gasteiger partial charge in [-0.2, -0.15) is 0 Å². The third-order valence-corrected chi connectivity index (χ3v) is 3.30. The van der Waals surface area contributed by atoms with Gasteiger partial charge in [-0.25, -0.2) is 5.48 Å². The van der Waals surface area contributed by atoms with Crippen molar-refractivity contribution in [3.8, 4) is 0 Å². The lowest BCUT2D eigenvalue weighted by atomic mass is 10.1. The molecule has 1 saturated carbocycles. The van der Waals surface area contributed by atoms with E-state index in [0.29, 0.717) is 11.4 Å². The quantitative estimate of drug-likeness (QED) is 0.662. The Kier molecular flexibility index (Phi) is 4.40. The minimum Gasteiger partial charge on any atom is -0.270 e. The van der Waals surface area contributed by atoms with Crippen LogP contribution in [0.1, 0.15) is 41.6 Å². The molecule has 0 spiro atoms. The van der Waals surface area contributed by atoms with Gasteiger partial charge in [0.15, 0.2) is 0 Å². The molecule has 0 atom stereocenters. The fourth-order valence-corrected chi connectivity index (χ4v) is 2.13. The first-order chi connectivity index (χ1) is 8.29. The molecular formula is C13H16ClNO2. The Morgan fingerprint density at radius 2 is 1.94 bits per heavy atom. The molecule has 1 aliphatic rings. The van der Waals surface area contributed by atoms with Crippen molar-refractivity contribution in [3.05, 3.63) is 35.4 Å². The van der Waals surface area contributed by atoms with Crippen LogP contribution in [0.3, 0.4) is 0 Å². The van der Waals surface area contributed by atoms with Crippen LogP contribution in [0.5, 0.6) is 0 Å². The number of carbonyl (C=O) groups excluding carboxylic acids is 1. The first-order valence-corrected chi connectivity index (χ1v) is 6.44. The summed E-state index contributed by atoms with van der Waals surface area (Å²) in [6, 6.07) is 7.20. The van der Waals surface area contributed by atoms with Crippen LogP contribution in [0, 0.1) is 0 Å². The van der Waals surface area contributed by atoms with E-state index in [-0.39, 0.29) is 12.0 Å². The maximum Gasteiger partial charge on any atom is 0.274 e. The molecule has 1 amide bonds. The van der Waals surface area contributed by atoms with E-state index in [2.05, 4.69) is 5.48 Å². The summed E-state index contributed by atoms with van der Waals surface area (Å²) in [6.45, 7) is 0.